The highest BCUT2D eigenvalue weighted by Crippen LogP contribution is 2.34. The van der Waals surface area contributed by atoms with E-state index in [-0.39, 0.29) is 5.92 Å². The number of oxazole rings is 1. The molecule has 1 aromatic carbocycles. The van der Waals surface area contributed by atoms with Crippen molar-refractivity contribution in [1.82, 2.24) is 9.55 Å². The minimum absolute atomic E-state index is 0.0365. The minimum Gasteiger partial charge on any atom is -0.497 e. The quantitative estimate of drug-likeness (QED) is 0.779. The maximum absolute atomic E-state index is 11.8. The number of hydrogen-bond acceptors (Lipinski definition) is 4. The number of carbonyl (C=O) groups is 1. The van der Waals surface area contributed by atoms with E-state index in [4.69, 9.17) is 9.15 Å². The van der Waals surface area contributed by atoms with Crippen LogP contribution in [0, 0.1) is 0 Å². The van der Waals surface area contributed by atoms with Crippen LogP contribution in [0.5, 0.6) is 5.75 Å². The third kappa shape index (κ3) is 2.56. The van der Waals surface area contributed by atoms with Gasteiger partial charge in [-0.3, -0.25) is 0 Å². The number of benzene rings is 1. The Balaban J connectivity index is 2.32. The Morgan fingerprint density at radius 1 is 1.43 bits per heavy atom. The van der Waals surface area contributed by atoms with Gasteiger partial charge in [0.25, 0.3) is 0 Å². The Bertz CT molecular complexity index is 847. The fourth-order valence-corrected chi connectivity index (χ4v) is 2.94. The normalized spacial score (nSPS) is 11.3. The van der Waals surface area contributed by atoms with Crippen molar-refractivity contribution < 1.29 is 19.1 Å². The molecule has 0 bridgehead atoms. The number of aromatic carboxylic acids is 1. The molecule has 2 aromatic heterocycles. The van der Waals surface area contributed by atoms with Crippen molar-refractivity contribution in [3.63, 3.8) is 0 Å². The Morgan fingerprint density at radius 3 is 2.78 bits per heavy atom. The van der Waals surface area contributed by atoms with Crippen molar-refractivity contribution in [3.05, 3.63) is 47.8 Å². The summed E-state index contributed by atoms with van der Waals surface area (Å²) in [6.07, 6.45) is 3.09. The molecule has 0 saturated carbocycles. The zero-order valence-electron chi connectivity index (χ0n) is 13.2. The van der Waals surface area contributed by atoms with Crippen LogP contribution in [-0.4, -0.2) is 27.7 Å². The summed E-state index contributed by atoms with van der Waals surface area (Å²) in [5, 5.41) is 10.4. The van der Waals surface area contributed by atoms with Gasteiger partial charge in [0.1, 0.15) is 12.0 Å². The number of carboxylic acid groups (broad SMARTS) is 1. The molecular weight excluding hydrogens is 296 g/mol. The summed E-state index contributed by atoms with van der Waals surface area (Å²) in [6, 6.07) is 5.40. The number of nitrogens with zero attached hydrogens (tertiary/aromatic N) is 2. The maximum atomic E-state index is 11.8. The smallest absolute Gasteiger partial charge is 0.338 e. The number of aromatic nitrogens is 2. The molecule has 0 saturated heterocycles. The molecule has 0 amide bonds. The van der Waals surface area contributed by atoms with Gasteiger partial charge in [-0.05, 0) is 18.1 Å². The van der Waals surface area contributed by atoms with Gasteiger partial charge in [0.05, 0.1) is 30.9 Å². The predicted molar refractivity (Wildman–Crippen MR) is 85.1 cm³/mol. The van der Waals surface area contributed by atoms with Gasteiger partial charge < -0.3 is 18.8 Å². The number of methoxy groups -OCH3 is 1. The molecule has 0 aliphatic rings. The summed E-state index contributed by atoms with van der Waals surface area (Å²) in [4.78, 5) is 16.0. The highest BCUT2D eigenvalue weighted by Gasteiger charge is 2.25. The standard InChI is InChI=1S/C17H18N2O4/c1-10(2)16-15(17(20)21)12-5-4-11(22-3)8-13(12)19(16)9-14-18-6-7-23-14/h4-8,10H,9H2,1-3H3,(H,20,21). The topological polar surface area (TPSA) is 77.5 Å². The Labute approximate surface area is 133 Å². The summed E-state index contributed by atoms with van der Waals surface area (Å²) in [5.74, 6) is 0.309. The average molecular weight is 314 g/mol. The van der Waals surface area contributed by atoms with Crippen LogP contribution in [0.4, 0.5) is 0 Å². The molecule has 6 heteroatoms. The highest BCUT2D eigenvalue weighted by atomic mass is 16.5. The van der Waals surface area contributed by atoms with Crippen LogP contribution in [0.15, 0.2) is 35.1 Å². The van der Waals surface area contributed by atoms with Gasteiger partial charge in [-0.15, -0.1) is 0 Å². The van der Waals surface area contributed by atoms with E-state index in [0.29, 0.717) is 29.1 Å². The van der Waals surface area contributed by atoms with Crippen molar-refractivity contribution >= 4 is 16.9 Å². The molecule has 0 radical (unpaired) electrons. The number of ether oxygens (including phenoxy) is 1. The summed E-state index contributed by atoms with van der Waals surface area (Å²) in [6.45, 7) is 4.32. The first-order chi connectivity index (χ1) is 11.0. The summed E-state index contributed by atoms with van der Waals surface area (Å²) in [5.41, 5.74) is 1.87. The lowest BCUT2D eigenvalue weighted by Gasteiger charge is -2.12. The first kappa shape index (κ1) is 15.1. The number of hydrogen-bond donors (Lipinski definition) is 1. The second-order valence-electron chi connectivity index (χ2n) is 5.62. The van der Waals surface area contributed by atoms with Gasteiger partial charge in [0.15, 0.2) is 0 Å². The zero-order valence-corrected chi connectivity index (χ0v) is 13.2. The third-order valence-electron chi connectivity index (χ3n) is 3.85. The molecule has 0 aliphatic carbocycles. The van der Waals surface area contributed by atoms with E-state index in [0.717, 1.165) is 11.2 Å². The fraction of sp³-hybridized carbons (Fsp3) is 0.294. The highest BCUT2D eigenvalue weighted by molar-refractivity contribution is 6.05. The van der Waals surface area contributed by atoms with Crippen LogP contribution in [0.1, 0.15) is 41.7 Å². The first-order valence-electron chi connectivity index (χ1n) is 7.34. The van der Waals surface area contributed by atoms with Crippen LogP contribution >= 0.6 is 0 Å². The summed E-state index contributed by atoms with van der Waals surface area (Å²) < 4.78 is 12.6. The lowest BCUT2D eigenvalue weighted by Crippen LogP contribution is -2.10. The minimum atomic E-state index is -0.935. The van der Waals surface area contributed by atoms with Crippen molar-refractivity contribution in [3.8, 4) is 5.75 Å². The Morgan fingerprint density at radius 2 is 2.22 bits per heavy atom. The van der Waals surface area contributed by atoms with Gasteiger partial charge in [0, 0.05) is 17.1 Å². The van der Waals surface area contributed by atoms with Gasteiger partial charge in [-0.2, -0.15) is 0 Å². The van der Waals surface area contributed by atoms with Crippen LogP contribution in [0.2, 0.25) is 0 Å². The van der Waals surface area contributed by atoms with Crippen molar-refractivity contribution in [2.45, 2.75) is 26.3 Å². The van der Waals surface area contributed by atoms with E-state index < -0.39 is 5.97 Å². The molecule has 2 heterocycles. The summed E-state index contributed by atoms with van der Waals surface area (Å²) >= 11 is 0. The summed E-state index contributed by atoms with van der Waals surface area (Å²) in [7, 11) is 1.59. The second kappa shape index (κ2) is 5.79. The van der Waals surface area contributed by atoms with E-state index in [1.54, 1.807) is 25.4 Å². The molecule has 3 rings (SSSR count). The molecule has 0 unspecified atom stereocenters. The second-order valence-corrected chi connectivity index (χ2v) is 5.62. The van der Waals surface area contributed by atoms with Gasteiger partial charge in [0.2, 0.25) is 5.89 Å². The zero-order chi connectivity index (χ0) is 16.6. The molecule has 23 heavy (non-hydrogen) atoms. The third-order valence-corrected chi connectivity index (χ3v) is 3.85. The van der Waals surface area contributed by atoms with E-state index in [1.807, 2.05) is 24.5 Å². The molecule has 0 fully saturated rings. The van der Waals surface area contributed by atoms with E-state index in [9.17, 15) is 9.90 Å². The lowest BCUT2D eigenvalue weighted by atomic mass is 10.0. The SMILES string of the molecule is COc1ccc2c(C(=O)O)c(C(C)C)n(Cc3ncco3)c2c1. The van der Waals surface area contributed by atoms with Crippen LogP contribution in [-0.2, 0) is 6.54 Å². The molecule has 1 N–H and O–H groups in total. The molecule has 0 atom stereocenters. The number of rotatable bonds is 5. The molecule has 0 aliphatic heterocycles. The average Bonchev–Trinajstić information content (AvgIpc) is 3.13. The lowest BCUT2D eigenvalue weighted by molar-refractivity contribution is 0.0697. The Hall–Kier alpha value is -2.76. The molecule has 6 nitrogen and oxygen atoms in total. The molecule has 0 spiro atoms. The van der Waals surface area contributed by atoms with Gasteiger partial charge >= 0.3 is 5.97 Å². The number of carboxylic acids is 1. The predicted octanol–water partition coefficient (Wildman–Crippen LogP) is 3.51. The fourth-order valence-electron chi connectivity index (χ4n) is 2.94. The largest absolute Gasteiger partial charge is 0.497 e. The van der Waals surface area contributed by atoms with Gasteiger partial charge in [-0.25, -0.2) is 9.78 Å². The first-order valence-corrected chi connectivity index (χ1v) is 7.34. The van der Waals surface area contributed by atoms with Crippen molar-refractivity contribution in [2.24, 2.45) is 0 Å². The van der Waals surface area contributed by atoms with Crippen LogP contribution < -0.4 is 4.74 Å². The van der Waals surface area contributed by atoms with Crippen molar-refractivity contribution in [2.75, 3.05) is 7.11 Å². The Kier molecular flexibility index (Phi) is 3.82. The van der Waals surface area contributed by atoms with E-state index in [1.165, 1.54) is 6.26 Å². The maximum Gasteiger partial charge on any atom is 0.338 e. The van der Waals surface area contributed by atoms with E-state index >= 15 is 0 Å². The van der Waals surface area contributed by atoms with Gasteiger partial charge in [-0.1, -0.05) is 13.8 Å². The molecular formula is C17H18N2O4. The molecule has 120 valence electrons. The monoisotopic (exact) mass is 314 g/mol. The van der Waals surface area contributed by atoms with Crippen molar-refractivity contribution in [1.29, 1.82) is 0 Å². The van der Waals surface area contributed by atoms with Crippen LogP contribution in [0.25, 0.3) is 10.9 Å². The van der Waals surface area contributed by atoms with Crippen LogP contribution in [0.3, 0.4) is 0 Å². The molecule has 3 aromatic rings. The number of fused-ring (bicyclic) bond motifs is 1. The van der Waals surface area contributed by atoms with E-state index in [2.05, 4.69) is 4.98 Å².